The zero-order chi connectivity index (χ0) is 15.9. The molecule has 1 saturated carbocycles. The number of nitrogens with two attached hydrogens (primary N) is 1. The molecule has 2 unspecified atom stereocenters. The van der Waals surface area contributed by atoms with Gasteiger partial charge in [0.05, 0.1) is 6.10 Å². The SMILES string of the molecule is NC(=O)COc1ccc(C(=O)NCC2CCCCC2O)cc1. The Hall–Kier alpha value is -2.08. The molecule has 0 radical (unpaired) electrons. The fraction of sp³-hybridized carbons (Fsp3) is 0.500. The molecule has 2 atom stereocenters. The first-order chi connectivity index (χ1) is 10.6. The molecule has 6 nitrogen and oxygen atoms in total. The molecule has 0 aromatic heterocycles. The molecule has 0 aliphatic heterocycles. The molecule has 0 spiro atoms. The number of benzene rings is 1. The molecule has 0 saturated heterocycles. The average Bonchev–Trinajstić information content (AvgIpc) is 2.52. The van der Waals surface area contributed by atoms with E-state index in [9.17, 15) is 14.7 Å². The maximum Gasteiger partial charge on any atom is 0.255 e. The summed E-state index contributed by atoms with van der Waals surface area (Å²) >= 11 is 0. The van der Waals surface area contributed by atoms with E-state index < -0.39 is 5.91 Å². The van der Waals surface area contributed by atoms with Crippen LogP contribution in [0.3, 0.4) is 0 Å². The zero-order valence-electron chi connectivity index (χ0n) is 12.5. The summed E-state index contributed by atoms with van der Waals surface area (Å²) in [6, 6.07) is 6.49. The van der Waals surface area contributed by atoms with Crippen LogP contribution in [0.15, 0.2) is 24.3 Å². The molecule has 1 aliphatic rings. The van der Waals surface area contributed by atoms with Crippen molar-refractivity contribution in [3.05, 3.63) is 29.8 Å². The second-order valence-corrected chi connectivity index (χ2v) is 5.60. The van der Waals surface area contributed by atoms with Crippen molar-refractivity contribution in [3.63, 3.8) is 0 Å². The van der Waals surface area contributed by atoms with E-state index in [4.69, 9.17) is 10.5 Å². The summed E-state index contributed by atoms with van der Waals surface area (Å²) in [5, 5.41) is 12.7. The number of aliphatic hydroxyl groups is 1. The van der Waals surface area contributed by atoms with Gasteiger partial charge in [-0.25, -0.2) is 0 Å². The standard InChI is InChI=1S/C16H22N2O4/c17-15(20)10-22-13-7-5-11(6-8-13)16(21)18-9-12-3-1-2-4-14(12)19/h5-8,12,14,19H,1-4,9-10H2,(H2,17,20)(H,18,21). The fourth-order valence-corrected chi connectivity index (χ4v) is 2.61. The Bertz CT molecular complexity index is 515. The lowest BCUT2D eigenvalue weighted by Crippen LogP contribution is -2.36. The lowest BCUT2D eigenvalue weighted by atomic mass is 9.86. The normalized spacial score (nSPS) is 21.1. The Morgan fingerprint density at radius 3 is 2.55 bits per heavy atom. The van der Waals surface area contributed by atoms with Gasteiger partial charge in [0.1, 0.15) is 5.75 Å². The Morgan fingerprint density at radius 1 is 1.23 bits per heavy atom. The second kappa shape index (κ2) is 7.79. The number of rotatable bonds is 6. The van der Waals surface area contributed by atoms with Crippen molar-refractivity contribution < 1.29 is 19.4 Å². The fourth-order valence-electron chi connectivity index (χ4n) is 2.61. The molecule has 1 aromatic rings. The van der Waals surface area contributed by atoms with Gasteiger partial charge in [-0.05, 0) is 37.1 Å². The number of hydrogen-bond acceptors (Lipinski definition) is 4. The van der Waals surface area contributed by atoms with Gasteiger partial charge in [-0.15, -0.1) is 0 Å². The smallest absolute Gasteiger partial charge is 0.255 e. The van der Waals surface area contributed by atoms with Crippen LogP contribution >= 0.6 is 0 Å². The number of carbonyl (C=O) groups excluding carboxylic acids is 2. The van der Waals surface area contributed by atoms with Crippen LogP contribution < -0.4 is 15.8 Å². The molecule has 2 rings (SSSR count). The van der Waals surface area contributed by atoms with Crippen LogP contribution in [-0.2, 0) is 4.79 Å². The highest BCUT2D eigenvalue weighted by atomic mass is 16.5. The van der Waals surface area contributed by atoms with E-state index in [1.807, 2.05) is 0 Å². The number of carbonyl (C=O) groups is 2. The Morgan fingerprint density at radius 2 is 1.91 bits per heavy atom. The molecular formula is C16H22N2O4. The lowest BCUT2D eigenvalue weighted by Gasteiger charge is -2.27. The summed E-state index contributed by atoms with van der Waals surface area (Å²) < 4.78 is 5.13. The topological polar surface area (TPSA) is 102 Å². The largest absolute Gasteiger partial charge is 0.484 e. The summed E-state index contributed by atoms with van der Waals surface area (Å²) in [7, 11) is 0. The van der Waals surface area contributed by atoms with Gasteiger partial charge in [-0.3, -0.25) is 9.59 Å². The van der Waals surface area contributed by atoms with Crippen molar-refractivity contribution in [2.75, 3.05) is 13.2 Å². The first kappa shape index (κ1) is 16.3. The van der Waals surface area contributed by atoms with E-state index in [0.29, 0.717) is 17.9 Å². The van der Waals surface area contributed by atoms with Gasteiger partial charge < -0.3 is 20.9 Å². The molecule has 0 bridgehead atoms. The second-order valence-electron chi connectivity index (χ2n) is 5.60. The third-order valence-corrected chi connectivity index (χ3v) is 3.89. The summed E-state index contributed by atoms with van der Waals surface area (Å²) in [5.41, 5.74) is 5.50. The molecule has 1 fully saturated rings. The molecule has 22 heavy (non-hydrogen) atoms. The van der Waals surface area contributed by atoms with Crippen molar-refractivity contribution in [2.45, 2.75) is 31.8 Å². The predicted octanol–water partition coefficient (Wildman–Crippen LogP) is 0.832. The summed E-state index contributed by atoms with van der Waals surface area (Å²) in [5.74, 6) is -0.110. The van der Waals surface area contributed by atoms with Crippen molar-refractivity contribution >= 4 is 11.8 Å². The number of ether oxygens (including phenoxy) is 1. The number of hydrogen-bond donors (Lipinski definition) is 3. The van der Waals surface area contributed by atoms with E-state index >= 15 is 0 Å². The maximum absolute atomic E-state index is 12.1. The van der Waals surface area contributed by atoms with E-state index in [1.54, 1.807) is 24.3 Å². The quantitative estimate of drug-likeness (QED) is 0.724. The number of nitrogens with one attached hydrogen (secondary N) is 1. The third kappa shape index (κ3) is 4.73. The Labute approximate surface area is 129 Å². The Balaban J connectivity index is 1.83. The first-order valence-corrected chi connectivity index (χ1v) is 7.53. The minimum atomic E-state index is -0.548. The zero-order valence-corrected chi connectivity index (χ0v) is 12.5. The highest BCUT2D eigenvalue weighted by molar-refractivity contribution is 5.94. The summed E-state index contributed by atoms with van der Waals surface area (Å²) in [4.78, 5) is 22.7. The molecular weight excluding hydrogens is 284 g/mol. The van der Waals surface area contributed by atoms with Crippen molar-refractivity contribution in [3.8, 4) is 5.75 Å². The third-order valence-electron chi connectivity index (χ3n) is 3.89. The van der Waals surface area contributed by atoms with Crippen LogP contribution in [0.1, 0.15) is 36.0 Å². The molecule has 120 valence electrons. The number of aliphatic hydroxyl groups excluding tert-OH is 1. The lowest BCUT2D eigenvalue weighted by molar-refractivity contribution is -0.119. The molecule has 4 N–H and O–H groups in total. The highest BCUT2D eigenvalue weighted by Crippen LogP contribution is 2.23. The predicted molar refractivity (Wildman–Crippen MR) is 81.4 cm³/mol. The van der Waals surface area contributed by atoms with Crippen molar-refractivity contribution in [1.82, 2.24) is 5.32 Å². The van der Waals surface area contributed by atoms with Crippen molar-refractivity contribution in [1.29, 1.82) is 0 Å². The average molecular weight is 306 g/mol. The van der Waals surface area contributed by atoms with Crippen LogP contribution in [0, 0.1) is 5.92 Å². The van der Waals surface area contributed by atoms with E-state index in [1.165, 1.54) is 0 Å². The van der Waals surface area contributed by atoms with Crippen molar-refractivity contribution in [2.24, 2.45) is 11.7 Å². The van der Waals surface area contributed by atoms with E-state index in [-0.39, 0.29) is 24.5 Å². The minimum Gasteiger partial charge on any atom is -0.484 e. The molecule has 0 heterocycles. The molecule has 2 amide bonds. The van der Waals surface area contributed by atoms with Gasteiger partial charge in [0.2, 0.25) is 0 Å². The van der Waals surface area contributed by atoms with Gasteiger partial charge in [-0.2, -0.15) is 0 Å². The maximum atomic E-state index is 12.1. The van der Waals surface area contributed by atoms with E-state index in [2.05, 4.69) is 5.32 Å². The monoisotopic (exact) mass is 306 g/mol. The van der Waals surface area contributed by atoms with Crippen LogP contribution in [0.4, 0.5) is 0 Å². The van der Waals surface area contributed by atoms with Gasteiger partial charge in [-0.1, -0.05) is 12.8 Å². The molecule has 1 aliphatic carbocycles. The van der Waals surface area contributed by atoms with Crippen LogP contribution in [-0.4, -0.2) is 36.2 Å². The number of primary amides is 1. The highest BCUT2D eigenvalue weighted by Gasteiger charge is 2.23. The molecule has 6 heteroatoms. The van der Waals surface area contributed by atoms with E-state index in [0.717, 1.165) is 25.7 Å². The first-order valence-electron chi connectivity index (χ1n) is 7.53. The molecule has 1 aromatic carbocycles. The van der Waals surface area contributed by atoms with Gasteiger partial charge in [0.15, 0.2) is 6.61 Å². The summed E-state index contributed by atoms with van der Waals surface area (Å²) in [6.07, 6.45) is 3.59. The van der Waals surface area contributed by atoms with Gasteiger partial charge in [0.25, 0.3) is 11.8 Å². The van der Waals surface area contributed by atoms with Gasteiger partial charge in [0, 0.05) is 18.0 Å². The Kier molecular flexibility index (Phi) is 5.77. The number of amides is 2. The van der Waals surface area contributed by atoms with Crippen LogP contribution in [0.2, 0.25) is 0 Å². The van der Waals surface area contributed by atoms with Crippen LogP contribution in [0.25, 0.3) is 0 Å². The van der Waals surface area contributed by atoms with Crippen LogP contribution in [0.5, 0.6) is 5.75 Å². The summed E-state index contributed by atoms with van der Waals surface area (Å²) in [6.45, 7) is 0.297. The van der Waals surface area contributed by atoms with Gasteiger partial charge >= 0.3 is 0 Å². The minimum absolute atomic E-state index is 0.135.